The van der Waals surface area contributed by atoms with Gasteiger partial charge in [0, 0.05) is 17.6 Å². The Hall–Kier alpha value is -3.80. The summed E-state index contributed by atoms with van der Waals surface area (Å²) in [6.45, 7) is 1.11. The number of nitriles is 1. The molecule has 3 rings (SSSR count). The Labute approximate surface area is 148 Å². The highest BCUT2D eigenvalue weighted by Gasteiger charge is 2.20. The van der Waals surface area contributed by atoms with Gasteiger partial charge in [-0.05, 0) is 25.1 Å². The van der Waals surface area contributed by atoms with E-state index in [-0.39, 0.29) is 18.1 Å². The van der Waals surface area contributed by atoms with Crippen LogP contribution < -0.4 is 4.90 Å². The third-order valence-electron chi connectivity index (χ3n) is 3.54. The van der Waals surface area contributed by atoms with Crippen LogP contribution >= 0.6 is 0 Å². The number of hydrogen-bond acceptors (Lipinski definition) is 7. The number of aromatic nitrogens is 4. The maximum atomic E-state index is 12.3. The van der Waals surface area contributed by atoms with Crippen molar-refractivity contribution in [2.75, 3.05) is 18.1 Å². The molecule has 0 N–H and O–H groups in total. The highest BCUT2D eigenvalue weighted by Crippen LogP contribution is 2.13. The van der Waals surface area contributed by atoms with Crippen LogP contribution in [-0.2, 0) is 9.53 Å². The third kappa shape index (κ3) is 3.49. The fourth-order valence-corrected chi connectivity index (χ4v) is 2.26. The van der Waals surface area contributed by atoms with E-state index in [4.69, 9.17) is 10.00 Å². The number of ether oxygens (including phenoxy) is 1. The average molecular weight is 350 g/mol. The summed E-state index contributed by atoms with van der Waals surface area (Å²) in [7, 11) is 0. The molecule has 0 aliphatic heterocycles. The number of nitrogens with zero attached hydrogens (tertiary/aromatic N) is 6. The Balaban J connectivity index is 1.70. The van der Waals surface area contributed by atoms with Crippen molar-refractivity contribution >= 4 is 23.3 Å². The average Bonchev–Trinajstić information content (AvgIpc) is 3.10. The number of esters is 1. The smallest absolute Gasteiger partial charge is 0.378 e. The second-order valence-corrected chi connectivity index (χ2v) is 5.28. The molecule has 1 amide bonds. The van der Waals surface area contributed by atoms with Crippen molar-refractivity contribution in [2.45, 2.75) is 6.92 Å². The highest BCUT2D eigenvalue weighted by molar-refractivity contribution is 5.96. The summed E-state index contributed by atoms with van der Waals surface area (Å²) < 4.78 is 6.41. The lowest BCUT2D eigenvalue weighted by molar-refractivity contribution is -0.121. The first kappa shape index (κ1) is 17.0. The first-order chi connectivity index (χ1) is 12.6. The van der Waals surface area contributed by atoms with E-state index >= 15 is 0 Å². The molecule has 0 aliphatic carbocycles. The zero-order valence-corrected chi connectivity index (χ0v) is 13.9. The van der Waals surface area contributed by atoms with Crippen LogP contribution in [0.15, 0.2) is 42.6 Å². The van der Waals surface area contributed by atoms with E-state index in [0.717, 1.165) is 5.69 Å². The Morgan fingerprint density at radius 1 is 1.27 bits per heavy atom. The molecule has 0 radical (unpaired) electrons. The molecule has 0 saturated heterocycles. The second-order valence-electron chi connectivity index (χ2n) is 5.28. The number of benzene rings is 1. The molecule has 0 bridgehead atoms. The van der Waals surface area contributed by atoms with Crippen LogP contribution in [0.2, 0.25) is 0 Å². The summed E-state index contributed by atoms with van der Waals surface area (Å²) in [6.07, 6.45) is 1.55. The molecule has 0 fully saturated rings. The van der Waals surface area contributed by atoms with E-state index in [0.29, 0.717) is 5.69 Å². The lowest BCUT2D eigenvalue weighted by Crippen LogP contribution is -2.35. The van der Waals surface area contributed by atoms with Crippen molar-refractivity contribution in [2.24, 2.45) is 0 Å². The van der Waals surface area contributed by atoms with Gasteiger partial charge in [-0.2, -0.15) is 10.2 Å². The maximum absolute atomic E-state index is 12.3. The van der Waals surface area contributed by atoms with Gasteiger partial charge in [0.2, 0.25) is 0 Å². The predicted molar refractivity (Wildman–Crippen MR) is 90.2 cm³/mol. The molecule has 2 aromatic heterocycles. The minimum atomic E-state index is -0.840. The number of amides is 1. The zero-order chi connectivity index (χ0) is 18.5. The largest absolute Gasteiger partial charge is 0.450 e. The van der Waals surface area contributed by atoms with Crippen molar-refractivity contribution in [3.8, 4) is 6.07 Å². The van der Waals surface area contributed by atoms with Gasteiger partial charge in [-0.1, -0.05) is 18.2 Å². The van der Waals surface area contributed by atoms with E-state index in [1.54, 1.807) is 49.5 Å². The van der Waals surface area contributed by atoms with Crippen LogP contribution in [0, 0.1) is 18.3 Å². The minimum absolute atomic E-state index is 0.157. The van der Waals surface area contributed by atoms with Gasteiger partial charge in [-0.25, -0.2) is 14.3 Å². The van der Waals surface area contributed by atoms with Crippen LogP contribution in [0.5, 0.6) is 0 Å². The molecule has 1 aromatic carbocycles. The van der Waals surface area contributed by atoms with Crippen molar-refractivity contribution in [3.05, 3.63) is 54.1 Å². The molecule has 9 nitrogen and oxygen atoms in total. The summed E-state index contributed by atoms with van der Waals surface area (Å²) in [4.78, 5) is 33.7. The first-order valence-corrected chi connectivity index (χ1v) is 7.68. The molecule has 3 aromatic rings. The third-order valence-corrected chi connectivity index (χ3v) is 3.54. The van der Waals surface area contributed by atoms with Gasteiger partial charge in [0.1, 0.15) is 6.54 Å². The quantitative estimate of drug-likeness (QED) is 0.501. The van der Waals surface area contributed by atoms with Gasteiger partial charge >= 0.3 is 5.97 Å². The number of fused-ring (bicyclic) bond motifs is 1. The van der Waals surface area contributed by atoms with Crippen molar-refractivity contribution < 1.29 is 14.3 Å². The number of aryl methyl sites for hydroxylation is 1. The molecular weight excluding hydrogens is 336 g/mol. The molecule has 0 atom stereocenters. The standard InChI is InChI=1S/C17H14N6O3/c1-12-7-9-19-17-20-15(21-23(12)17)16(25)26-11-14(24)22(10-8-18)13-5-3-2-4-6-13/h2-7,9H,10-11H2,1H3. The molecule has 0 spiro atoms. The van der Waals surface area contributed by atoms with E-state index in [2.05, 4.69) is 15.1 Å². The number of hydrogen-bond donors (Lipinski definition) is 0. The molecule has 9 heteroatoms. The number of rotatable bonds is 5. The summed E-state index contributed by atoms with van der Waals surface area (Å²) in [5, 5.41) is 12.9. The predicted octanol–water partition coefficient (Wildman–Crippen LogP) is 1.15. The molecule has 2 heterocycles. The number of anilines is 1. The number of para-hydroxylation sites is 1. The van der Waals surface area contributed by atoms with Gasteiger partial charge in [0.25, 0.3) is 17.5 Å². The second kappa shape index (κ2) is 7.40. The first-order valence-electron chi connectivity index (χ1n) is 7.68. The number of carbonyl (C=O) groups excluding carboxylic acids is 2. The Morgan fingerprint density at radius 3 is 2.73 bits per heavy atom. The Morgan fingerprint density at radius 2 is 2.04 bits per heavy atom. The van der Waals surface area contributed by atoms with Crippen LogP contribution in [0.1, 0.15) is 16.3 Å². The van der Waals surface area contributed by atoms with Gasteiger partial charge < -0.3 is 4.74 Å². The van der Waals surface area contributed by atoms with Crippen LogP contribution in [0.25, 0.3) is 5.78 Å². The van der Waals surface area contributed by atoms with Crippen molar-refractivity contribution in [1.82, 2.24) is 19.6 Å². The molecule has 0 saturated carbocycles. The van der Waals surface area contributed by atoms with E-state index in [1.165, 1.54) is 9.42 Å². The summed E-state index contributed by atoms with van der Waals surface area (Å²) >= 11 is 0. The van der Waals surface area contributed by atoms with Crippen molar-refractivity contribution in [3.63, 3.8) is 0 Å². The van der Waals surface area contributed by atoms with Crippen LogP contribution in [-0.4, -0.2) is 44.6 Å². The fourth-order valence-electron chi connectivity index (χ4n) is 2.26. The monoisotopic (exact) mass is 350 g/mol. The van der Waals surface area contributed by atoms with Gasteiger partial charge in [0.15, 0.2) is 6.61 Å². The van der Waals surface area contributed by atoms with Crippen LogP contribution in [0.4, 0.5) is 5.69 Å². The summed E-state index contributed by atoms with van der Waals surface area (Å²) in [5.74, 6) is -1.29. The van der Waals surface area contributed by atoms with Crippen molar-refractivity contribution in [1.29, 1.82) is 5.26 Å². The normalized spacial score (nSPS) is 10.3. The van der Waals surface area contributed by atoms with Crippen LogP contribution in [0.3, 0.4) is 0 Å². The van der Waals surface area contributed by atoms with Gasteiger partial charge in [-0.15, -0.1) is 5.10 Å². The molecule has 0 aliphatic rings. The molecular formula is C17H14N6O3. The highest BCUT2D eigenvalue weighted by atomic mass is 16.5. The Bertz CT molecular complexity index is 993. The fraction of sp³-hybridized carbons (Fsp3) is 0.176. The SMILES string of the molecule is Cc1ccnc2nc(C(=O)OCC(=O)N(CC#N)c3ccccc3)nn12. The topological polar surface area (TPSA) is 113 Å². The minimum Gasteiger partial charge on any atom is -0.450 e. The molecule has 130 valence electrons. The lowest BCUT2D eigenvalue weighted by Gasteiger charge is -2.19. The van der Waals surface area contributed by atoms with Gasteiger partial charge in [-0.3, -0.25) is 9.69 Å². The molecule has 0 unspecified atom stereocenters. The Kier molecular flexibility index (Phi) is 4.85. The molecule has 26 heavy (non-hydrogen) atoms. The summed E-state index contributed by atoms with van der Waals surface area (Å²) in [5.41, 5.74) is 1.29. The lowest BCUT2D eigenvalue weighted by atomic mass is 10.3. The summed E-state index contributed by atoms with van der Waals surface area (Å²) in [6, 6.07) is 12.3. The zero-order valence-electron chi connectivity index (χ0n) is 13.9. The number of carbonyl (C=O) groups is 2. The maximum Gasteiger partial charge on any atom is 0.378 e. The van der Waals surface area contributed by atoms with Gasteiger partial charge in [0.05, 0.1) is 6.07 Å². The van der Waals surface area contributed by atoms with E-state index in [1.807, 2.05) is 6.07 Å². The van der Waals surface area contributed by atoms with E-state index in [9.17, 15) is 9.59 Å². The van der Waals surface area contributed by atoms with E-state index < -0.39 is 18.5 Å².